The molecule has 1 amide bonds. The topological polar surface area (TPSA) is 88.6 Å². The number of amides is 1. The molecular weight excluding hydrogens is 270 g/mol. The van der Waals surface area contributed by atoms with E-state index in [4.69, 9.17) is 0 Å². The van der Waals surface area contributed by atoms with Gasteiger partial charge >= 0.3 is 6.09 Å². The first-order valence-corrected chi connectivity index (χ1v) is 7.44. The molecule has 0 radical (unpaired) electrons. The lowest BCUT2D eigenvalue weighted by atomic mass is 10.3. The molecular formula is C11H17N3O4S. The van der Waals surface area contributed by atoms with Crippen molar-refractivity contribution in [2.45, 2.75) is 6.54 Å². The van der Waals surface area contributed by atoms with Gasteiger partial charge in [-0.25, -0.2) is 13.2 Å². The van der Waals surface area contributed by atoms with Crippen LogP contribution in [0.1, 0.15) is 5.56 Å². The lowest BCUT2D eigenvalue weighted by molar-refractivity contribution is 0.170. The summed E-state index contributed by atoms with van der Waals surface area (Å²) in [6.45, 7) is 0.602. The molecule has 0 unspecified atom stereocenters. The van der Waals surface area contributed by atoms with Crippen molar-refractivity contribution in [2.24, 2.45) is 0 Å². The number of alkyl carbamates (subject to hydrolysis) is 1. The molecule has 0 saturated heterocycles. The van der Waals surface area contributed by atoms with Gasteiger partial charge < -0.3 is 10.1 Å². The van der Waals surface area contributed by atoms with E-state index in [1.165, 1.54) is 11.4 Å². The van der Waals surface area contributed by atoms with E-state index in [0.29, 0.717) is 0 Å². The number of nitrogens with zero attached hydrogens (tertiary/aromatic N) is 2. The van der Waals surface area contributed by atoms with Gasteiger partial charge in [-0.15, -0.1) is 0 Å². The molecule has 1 heterocycles. The number of rotatable bonds is 6. The van der Waals surface area contributed by atoms with Crippen molar-refractivity contribution < 1.29 is 17.9 Å². The minimum absolute atomic E-state index is 0.177. The number of nitrogens with one attached hydrogen (secondary N) is 1. The van der Waals surface area contributed by atoms with Gasteiger partial charge in [-0.2, -0.15) is 4.31 Å². The average molecular weight is 287 g/mol. The smallest absolute Gasteiger partial charge is 0.406 e. The third kappa shape index (κ3) is 5.66. The van der Waals surface area contributed by atoms with Crippen molar-refractivity contribution in [2.75, 3.05) is 26.5 Å². The van der Waals surface area contributed by atoms with Gasteiger partial charge in [0, 0.05) is 32.0 Å². The van der Waals surface area contributed by atoms with Gasteiger partial charge in [0.2, 0.25) is 10.0 Å². The number of carbonyl (C=O) groups excluding carboxylic acids is 1. The van der Waals surface area contributed by atoms with Crippen LogP contribution in [0.4, 0.5) is 4.79 Å². The molecule has 0 aliphatic carbocycles. The minimum Gasteiger partial charge on any atom is -0.453 e. The van der Waals surface area contributed by atoms with Crippen LogP contribution in [0.5, 0.6) is 0 Å². The van der Waals surface area contributed by atoms with Crippen molar-refractivity contribution in [3.05, 3.63) is 30.1 Å². The Bertz CT molecular complexity index is 504. The highest BCUT2D eigenvalue weighted by atomic mass is 32.2. The van der Waals surface area contributed by atoms with E-state index in [1.54, 1.807) is 24.5 Å². The third-order valence-corrected chi connectivity index (χ3v) is 3.64. The Labute approximate surface area is 112 Å². The molecule has 0 fully saturated rings. The molecule has 1 aromatic rings. The van der Waals surface area contributed by atoms with E-state index in [9.17, 15) is 13.2 Å². The van der Waals surface area contributed by atoms with Gasteiger partial charge in [-0.05, 0) is 17.7 Å². The number of hydrogen-bond donors (Lipinski definition) is 1. The molecule has 0 saturated carbocycles. The maximum atomic E-state index is 11.6. The fourth-order valence-corrected chi connectivity index (χ4v) is 2.22. The SMILES string of the molecule is COC(=O)NCCN(Cc1ccncc1)S(C)(=O)=O. The summed E-state index contributed by atoms with van der Waals surface area (Å²) in [6, 6.07) is 3.48. The van der Waals surface area contributed by atoms with Crippen LogP contribution in [0.25, 0.3) is 0 Å². The van der Waals surface area contributed by atoms with E-state index in [1.807, 2.05) is 0 Å². The van der Waals surface area contributed by atoms with Crippen LogP contribution in [0.2, 0.25) is 0 Å². The summed E-state index contributed by atoms with van der Waals surface area (Å²) in [5.74, 6) is 0. The molecule has 1 rings (SSSR count). The van der Waals surface area contributed by atoms with Crippen LogP contribution in [0.3, 0.4) is 0 Å². The highest BCUT2D eigenvalue weighted by Crippen LogP contribution is 2.06. The molecule has 0 aliphatic heterocycles. The van der Waals surface area contributed by atoms with Gasteiger partial charge in [-0.1, -0.05) is 0 Å². The van der Waals surface area contributed by atoms with E-state index in [0.717, 1.165) is 11.8 Å². The summed E-state index contributed by atoms with van der Waals surface area (Å²) < 4.78 is 29.0. The summed E-state index contributed by atoms with van der Waals surface area (Å²) in [5.41, 5.74) is 0.832. The Morgan fingerprint density at radius 1 is 1.42 bits per heavy atom. The number of carbonyl (C=O) groups is 1. The number of sulfonamides is 1. The molecule has 7 nitrogen and oxygen atoms in total. The summed E-state index contributed by atoms with van der Waals surface area (Å²) in [6.07, 6.45) is 3.74. The van der Waals surface area contributed by atoms with Crippen LogP contribution >= 0.6 is 0 Å². The third-order valence-electron chi connectivity index (χ3n) is 2.39. The maximum absolute atomic E-state index is 11.6. The predicted molar refractivity (Wildman–Crippen MR) is 69.9 cm³/mol. The number of hydrogen-bond acceptors (Lipinski definition) is 5. The van der Waals surface area contributed by atoms with Crippen LogP contribution < -0.4 is 5.32 Å². The van der Waals surface area contributed by atoms with E-state index >= 15 is 0 Å². The molecule has 0 aliphatic rings. The van der Waals surface area contributed by atoms with Crippen LogP contribution in [0.15, 0.2) is 24.5 Å². The Morgan fingerprint density at radius 3 is 2.58 bits per heavy atom. The monoisotopic (exact) mass is 287 g/mol. The predicted octanol–water partition coefficient (Wildman–Crippen LogP) is 0.199. The molecule has 0 atom stereocenters. The largest absolute Gasteiger partial charge is 0.453 e. The lowest BCUT2D eigenvalue weighted by Gasteiger charge is -2.19. The second-order valence-electron chi connectivity index (χ2n) is 3.87. The van der Waals surface area contributed by atoms with E-state index in [-0.39, 0.29) is 19.6 Å². The van der Waals surface area contributed by atoms with Crippen LogP contribution in [-0.2, 0) is 21.3 Å². The second-order valence-corrected chi connectivity index (χ2v) is 5.85. The van der Waals surface area contributed by atoms with E-state index in [2.05, 4.69) is 15.0 Å². The standard InChI is InChI=1S/C11H17N3O4S/c1-18-11(15)13-7-8-14(19(2,16)17)9-10-3-5-12-6-4-10/h3-6H,7-9H2,1-2H3,(H,13,15). The fraction of sp³-hybridized carbons (Fsp3) is 0.455. The Kier molecular flexibility index (Phi) is 5.71. The minimum atomic E-state index is -3.35. The summed E-state index contributed by atoms with van der Waals surface area (Å²) in [7, 11) is -2.10. The van der Waals surface area contributed by atoms with Crippen molar-refractivity contribution in [1.82, 2.24) is 14.6 Å². The fourth-order valence-electron chi connectivity index (χ4n) is 1.41. The number of aromatic nitrogens is 1. The Morgan fingerprint density at radius 2 is 2.05 bits per heavy atom. The first kappa shape index (κ1) is 15.4. The van der Waals surface area contributed by atoms with Crippen LogP contribution in [-0.4, -0.2) is 50.3 Å². The van der Waals surface area contributed by atoms with Crippen molar-refractivity contribution in [1.29, 1.82) is 0 Å². The molecule has 8 heteroatoms. The zero-order chi connectivity index (χ0) is 14.3. The highest BCUT2D eigenvalue weighted by Gasteiger charge is 2.16. The number of pyridine rings is 1. The van der Waals surface area contributed by atoms with Gasteiger partial charge in [0.1, 0.15) is 0 Å². The van der Waals surface area contributed by atoms with E-state index < -0.39 is 16.1 Å². The number of ether oxygens (including phenoxy) is 1. The molecule has 0 aromatic carbocycles. The molecule has 0 spiro atoms. The Hall–Kier alpha value is -1.67. The molecule has 1 aromatic heterocycles. The second kappa shape index (κ2) is 7.05. The average Bonchev–Trinajstić information content (AvgIpc) is 2.37. The first-order valence-electron chi connectivity index (χ1n) is 5.59. The van der Waals surface area contributed by atoms with Gasteiger partial charge in [-0.3, -0.25) is 4.98 Å². The quantitative estimate of drug-likeness (QED) is 0.807. The molecule has 19 heavy (non-hydrogen) atoms. The van der Waals surface area contributed by atoms with Gasteiger partial charge in [0.25, 0.3) is 0 Å². The first-order chi connectivity index (χ1) is 8.93. The van der Waals surface area contributed by atoms with Gasteiger partial charge in [0.15, 0.2) is 0 Å². The van der Waals surface area contributed by atoms with Crippen molar-refractivity contribution >= 4 is 16.1 Å². The summed E-state index contributed by atoms with van der Waals surface area (Å²) in [5, 5.41) is 2.44. The Balaban J connectivity index is 2.61. The summed E-state index contributed by atoms with van der Waals surface area (Å²) >= 11 is 0. The van der Waals surface area contributed by atoms with Crippen molar-refractivity contribution in [3.63, 3.8) is 0 Å². The maximum Gasteiger partial charge on any atom is 0.406 e. The zero-order valence-corrected chi connectivity index (χ0v) is 11.7. The molecule has 0 bridgehead atoms. The summed E-state index contributed by atoms with van der Waals surface area (Å²) in [4.78, 5) is 14.8. The molecule has 1 N–H and O–H groups in total. The highest BCUT2D eigenvalue weighted by molar-refractivity contribution is 7.88. The normalized spacial score (nSPS) is 11.3. The zero-order valence-electron chi connectivity index (χ0n) is 10.9. The van der Waals surface area contributed by atoms with Crippen molar-refractivity contribution in [3.8, 4) is 0 Å². The lowest BCUT2D eigenvalue weighted by Crippen LogP contribution is -2.37. The van der Waals surface area contributed by atoms with Gasteiger partial charge in [0.05, 0.1) is 13.4 Å². The number of methoxy groups -OCH3 is 1. The molecule has 106 valence electrons. The van der Waals surface area contributed by atoms with Crippen LogP contribution in [0, 0.1) is 0 Å².